The number of rotatable bonds is 2. The number of Topliss-reactive ketones (excluding diaryl/α,β-unsaturated/α-hetero) is 1. The Kier molecular flexibility index (Phi) is 4.06. The number of anilines is 1. The van der Waals surface area contributed by atoms with E-state index in [0.29, 0.717) is 6.42 Å². The fourth-order valence-electron chi connectivity index (χ4n) is 5.05. The summed E-state index contributed by atoms with van der Waals surface area (Å²) in [6.45, 7) is 2.09. The van der Waals surface area contributed by atoms with Gasteiger partial charge in [-0.05, 0) is 42.5 Å². The van der Waals surface area contributed by atoms with Crippen molar-refractivity contribution in [3.63, 3.8) is 0 Å². The van der Waals surface area contributed by atoms with Crippen LogP contribution in [0.4, 0.5) is 5.95 Å². The van der Waals surface area contributed by atoms with E-state index in [-0.39, 0.29) is 17.7 Å². The zero-order valence-corrected chi connectivity index (χ0v) is 17.4. The number of ketones is 1. The molecule has 31 heavy (non-hydrogen) atoms. The summed E-state index contributed by atoms with van der Waals surface area (Å²) in [5, 5.41) is 3.54. The topological polar surface area (TPSA) is 46.9 Å². The largest absolute Gasteiger partial charge is 0.329 e. The van der Waals surface area contributed by atoms with Crippen LogP contribution in [0.25, 0.3) is 11.0 Å². The molecule has 1 aliphatic heterocycles. The minimum atomic E-state index is -0.163. The highest BCUT2D eigenvalue weighted by atomic mass is 16.1. The molecule has 2 heterocycles. The van der Waals surface area contributed by atoms with Gasteiger partial charge in [-0.15, -0.1) is 0 Å². The molecule has 1 aliphatic carbocycles. The highest BCUT2D eigenvalue weighted by Crippen LogP contribution is 2.45. The van der Waals surface area contributed by atoms with Crippen LogP contribution in [0, 0.1) is 6.92 Å². The molecule has 4 heteroatoms. The molecule has 152 valence electrons. The van der Waals surface area contributed by atoms with Gasteiger partial charge in [-0.3, -0.25) is 9.36 Å². The van der Waals surface area contributed by atoms with Gasteiger partial charge in [-0.25, -0.2) is 4.98 Å². The van der Waals surface area contributed by atoms with E-state index in [2.05, 4.69) is 59.3 Å². The lowest BCUT2D eigenvalue weighted by atomic mass is 9.77. The summed E-state index contributed by atoms with van der Waals surface area (Å²) >= 11 is 0. The van der Waals surface area contributed by atoms with Crippen molar-refractivity contribution in [3.05, 3.63) is 107 Å². The number of carbonyl (C=O) groups is 1. The summed E-state index contributed by atoms with van der Waals surface area (Å²) in [7, 11) is 0. The van der Waals surface area contributed by atoms with Crippen LogP contribution in [0.2, 0.25) is 0 Å². The fraction of sp³-hybridized carbons (Fsp3) is 0.185. The first-order valence-electron chi connectivity index (χ1n) is 10.8. The number of aromatic nitrogens is 2. The normalized spacial score (nSPS) is 20.4. The van der Waals surface area contributed by atoms with Crippen LogP contribution >= 0.6 is 0 Å². The van der Waals surface area contributed by atoms with Crippen molar-refractivity contribution in [3.8, 4) is 0 Å². The number of nitrogens with one attached hydrogen (secondary N) is 1. The summed E-state index contributed by atoms with van der Waals surface area (Å²) in [5.74, 6) is 1.22. The quantitative estimate of drug-likeness (QED) is 0.461. The van der Waals surface area contributed by atoms with E-state index in [0.717, 1.165) is 40.2 Å². The number of benzene rings is 3. The van der Waals surface area contributed by atoms with Crippen LogP contribution < -0.4 is 5.32 Å². The van der Waals surface area contributed by atoms with E-state index < -0.39 is 0 Å². The van der Waals surface area contributed by atoms with Gasteiger partial charge in [0.25, 0.3) is 0 Å². The second-order valence-corrected chi connectivity index (χ2v) is 8.56. The zero-order chi connectivity index (χ0) is 20.9. The predicted octanol–water partition coefficient (Wildman–Crippen LogP) is 5.76. The Balaban J connectivity index is 1.54. The van der Waals surface area contributed by atoms with Gasteiger partial charge in [0.1, 0.15) is 0 Å². The summed E-state index contributed by atoms with van der Waals surface area (Å²) in [6.07, 6.45) is 1.35. The number of fused-ring (bicyclic) bond motifs is 3. The maximum absolute atomic E-state index is 13.6. The predicted molar refractivity (Wildman–Crippen MR) is 123 cm³/mol. The van der Waals surface area contributed by atoms with Crippen molar-refractivity contribution in [2.24, 2.45) is 0 Å². The minimum absolute atomic E-state index is 0.163. The average molecular weight is 406 g/mol. The first-order chi connectivity index (χ1) is 15.2. The summed E-state index contributed by atoms with van der Waals surface area (Å²) in [4.78, 5) is 18.5. The first-order valence-corrected chi connectivity index (χ1v) is 10.8. The first kappa shape index (κ1) is 18.1. The summed E-state index contributed by atoms with van der Waals surface area (Å²) in [5.41, 5.74) is 7.42. The molecule has 3 aromatic carbocycles. The number of hydrogen-bond donors (Lipinski definition) is 1. The molecule has 2 aliphatic rings. The Morgan fingerprint density at radius 3 is 2.42 bits per heavy atom. The van der Waals surface area contributed by atoms with Gasteiger partial charge in [-0.2, -0.15) is 0 Å². The lowest BCUT2D eigenvalue weighted by Crippen LogP contribution is -2.33. The molecular formula is C27H23N3O. The number of carbonyl (C=O) groups excluding carboxylic acids is 1. The Labute approximate surface area is 181 Å². The monoisotopic (exact) mass is 405 g/mol. The molecule has 0 fully saturated rings. The highest BCUT2D eigenvalue weighted by molar-refractivity contribution is 6.01. The Morgan fingerprint density at radius 1 is 0.871 bits per heavy atom. The van der Waals surface area contributed by atoms with Crippen molar-refractivity contribution in [1.29, 1.82) is 0 Å². The molecule has 1 N–H and O–H groups in total. The Hall–Kier alpha value is -3.66. The van der Waals surface area contributed by atoms with Gasteiger partial charge in [0.2, 0.25) is 5.95 Å². The third-order valence-corrected chi connectivity index (χ3v) is 6.56. The highest BCUT2D eigenvalue weighted by Gasteiger charge is 2.39. The van der Waals surface area contributed by atoms with Crippen LogP contribution in [0.3, 0.4) is 0 Å². The Bertz CT molecular complexity index is 1330. The molecular weight excluding hydrogens is 382 g/mol. The van der Waals surface area contributed by atoms with Crippen LogP contribution in [0.1, 0.15) is 41.5 Å². The lowest BCUT2D eigenvalue weighted by Gasteiger charge is -2.36. The van der Waals surface area contributed by atoms with Crippen LogP contribution in [0.5, 0.6) is 0 Å². The van der Waals surface area contributed by atoms with Crippen molar-refractivity contribution >= 4 is 22.8 Å². The molecule has 2 unspecified atom stereocenters. The maximum Gasteiger partial charge on any atom is 0.209 e. The Morgan fingerprint density at radius 2 is 1.61 bits per heavy atom. The van der Waals surface area contributed by atoms with E-state index in [1.54, 1.807) is 0 Å². The van der Waals surface area contributed by atoms with Crippen LogP contribution in [-0.4, -0.2) is 15.3 Å². The molecule has 4 nitrogen and oxygen atoms in total. The number of allylic oxidation sites excluding steroid dienone is 2. The molecule has 2 atom stereocenters. The van der Waals surface area contributed by atoms with Gasteiger partial charge in [-0.1, -0.05) is 72.3 Å². The van der Waals surface area contributed by atoms with E-state index in [4.69, 9.17) is 4.98 Å². The van der Waals surface area contributed by atoms with Crippen molar-refractivity contribution in [2.45, 2.75) is 31.7 Å². The number of aryl methyl sites for hydroxylation is 1. The van der Waals surface area contributed by atoms with E-state index in [1.807, 2.05) is 36.4 Å². The summed E-state index contributed by atoms with van der Waals surface area (Å²) < 4.78 is 2.19. The van der Waals surface area contributed by atoms with Gasteiger partial charge in [0.05, 0.1) is 17.1 Å². The third kappa shape index (κ3) is 2.90. The van der Waals surface area contributed by atoms with Gasteiger partial charge >= 0.3 is 0 Å². The average Bonchev–Trinajstić information content (AvgIpc) is 3.17. The molecule has 0 saturated heterocycles. The van der Waals surface area contributed by atoms with Gasteiger partial charge < -0.3 is 5.32 Å². The number of para-hydroxylation sites is 2. The third-order valence-electron chi connectivity index (χ3n) is 6.56. The maximum atomic E-state index is 13.6. The SMILES string of the molecule is Cc1ccc(C2C3=C(CC(c4ccccc4)CC3=O)Nc3nc4ccccc4n32)cc1. The second kappa shape index (κ2) is 6.95. The van der Waals surface area contributed by atoms with Crippen molar-refractivity contribution in [1.82, 2.24) is 9.55 Å². The second-order valence-electron chi connectivity index (χ2n) is 8.56. The summed E-state index contributed by atoms with van der Waals surface area (Å²) in [6, 6.07) is 26.9. The molecule has 4 aromatic rings. The van der Waals surface area contributed by atoms with Crippen molar-refractivity contribution < 1.29 is 4.79 Å². The fourth-order valence-corrected chi connectivity index (χ4v) is 5.05. The van der Waals surface area contributed by atoms with E-state index >= 15 is 0 Å². The lowest BCUT2D eigenvalue weighted by molar-refractivity contribution is -0.116. The van der Waals surface area contributed by atoms with E-state index in [1.165, 1.54) is 11.1 Å². The number of nitrogens with zero attached hydrogens (tertiary/aromatic N) is 2. The molecule has 0 saturated carbocycles. The van der Waals surface area contributed by atoms with Gasteiger partial charge in [0, 0.05) is 17.7 Å². The van der Waals surface area contributed by atoms with E-state index in [9.17, 15) is 4.79 Å². The van der Waals surface area contributed by atoms with Crippen LogP contribution in [0.15, 0.2) is 90.1 Å². The molecule has 0 amide bonds. The minimum Gasteiger partial charge on any atom is -0.329 e. The molecule has 6 rings (SSSR count). The molecule has 0 bridgehead atoms. The standard InChI is InChI=1S/C27H23N3O/c1-17-11-13-19(14-12-17)26-25-22(15-20(16-24(25)31)18-7-3-2-4-8-18)29-27-28-21-9-5-6-10-23(21)30(26)27/h2-14,20,26H,15-16H2,1H3,(H,28,29). The van der Waals surface area contributed by atoms with Gasteiger partial charge in [0.15, 0.2) is 5.78 Å². The molecule has 0 radical (unpaired) electrons. The zero-order valence-electron chi connectivity index (χ0n) is 17.4. The van der Waals surface area contributed by atoms with Crippen molar-refractivity contribution in [2.75, 3.05) is 5.32 Å². The van der Waals surface area contributed by atoms with Crippen LogP contribution in [-0.2, 0) is 4.79 Å². The smallest absolute Gasteiger partial charge is 0.209 e. The molecule has 1 aromatic heterocycles. The number of imidazole rings is 1. The number of hydrogen-bond acceptors (Lipinski definition) is 3. The molecule has 0 spiro atoms.